The number of anilines is 1. The largest absolute Gasteiger partial charge is 0.471 e. The van der Waals surface area contributed by atoms with E-state index >= 15 is 0 Å². The van der Waals surface area contributed by atoms with Crippen LogP contribution >= 0.6 is 34.2 Å². The Morgan fingerprint density at radius 1 is 1.29 bits per heavy atom. The second kappa shape index (κ2) is 5.07. The first-order valence-corrected chi connectivity index (χ1v) is 6.06. The molecule has 0 unspecified atom stereocenters. The Morgan fingerprint density at radius 2 is 1.94 bits per heavy atom. The first kappa shape index (κ1) is 12.4. The van der Waals surface area contributed by atoms with Crippen molar-refractivity contribution in [2.75, 3.05) is 5.06 Å². The molecule has 1 heterocycles. The van der Waals surface area contributed by atoms with Gasteiger partial charge in [-0.25, -0.2) is 0 Å². The Kier molecular flexibility index (Phi) is 3.70. The van der Waals surface area contributed by atoms with Crippen molar-refractivity contribution < 1.29 is 14.4 Å². The van der Waals surface area contributed by atoms with Gasteiger partial charge in [-0.05, 0) is 46.9 Å². The zero-order chi connectivity index (χ0) is 12.4. The van der Waals surface area contributed by atoms with Crippen molar-refractivity contribution in [3.05, 3.63) is 50.9 Å². The Labute approximate surface area is 116 Å². The Bertz CT molecular complexity index is 538. The fourth-order valence-corrected chi connectivity index (χ4v) is 1.88. The van der Waals surface area contributed by atoms with Gasteiger partial charge in [0.25, 0.3) is 5.91 Å². The Morgan fingerprint density at radius 3 is 2.47 bits per heavy atom. The summed E-state index contributed by atoms with van der Waals surface area (Å²) in [5.41, 5.74) is 0.652. The lowest BCUT2D eigenvalue weighted by Gasteiger charge is -2.14. The SMILES string of the molecule is O=C(c1cocc1I)N(O)c1ccc(Cl)cc1. The predicted octanol–water partition coefficient (Wildman–Crippen LogP) is 3.57. The molecule has 2 aromatic rings. The molecule has 6 heteroatoms. The van der Waals surface area contributed by atoms with Crippen LogP contribution in [-0.2, 0) is 0 Å². The number of amides is 1. The lowest BCUT2D eigenvalue weighted by atomic mass is 10.2. The molecule has 0 aliphatic carbocycles. The summed E-state index contributed by atoms with van der Waals surface area (Å²) in [7, 11) is 0. The van der Waals surface area contributed by atoms with Crippen molar-refractivity contribution in [3.8, 4) is 0 Å². The standard InChI is InChI=1S/C11H7ClINO3/c12-7-1-3-8(4-2-7)14(16)11(15)9-5-17-6-10(9)13/h1-6,16H. The highest BCUT2D eigenvalue weighted by molar-refractivity contribution is 14.1. The molecule has 0 spiro atoms. The molecule has 1 aromatic heterocycles. The summed E-state index contributed by atoms with van der Waals surface area (Å²) in [4.78, 5) is 11.9. The van der Waals surface area contributed by atoms with E-state index in [0.29, 0.717) is 24.9 Å². The average Bonchev–Trinajstić information content (AvgIpc) is 2.74. The lowest BCUT2D eigenvalue weighted by Crippen LogP contribution is -2.27. The van der Waals surface area contributed by atoms with Crippen molar-refractivity contribution in [1.82, 2.24) is 0 Å². The van der Waals surface area contributed by atoms with Gasteiger partial charge in [-0.1, -0.05) is 11.6 Å². The van der Waals surface area contributed by atoms with Gasteiger partial charge in [0.2, 0.25) is 0 Å². The van der Waals surface area contributed by atoms with Gasteiger partial charge in [0.05, 0.1) is 14.8 Å². The predicted molar refractivity (Wildman–Crippen MR) is 71.5 cm³/mol. The van der Waals surface area contributed by atoms with Crippen LogP contribution in [0.3, 0.4) is 0 Å². The third-order valence-electron chi connectivity index (χ3n) is 2.11. The highest BCUT2D eigenvalue weighted by atomic mass is 127. The Balaban J connectivity index is 2.26. The molecular weight excluding hydrogens is 356 g/mol. The van der Waals surface area contributed by atoms with E-state index < -0.39 is 5.91 Å². The molecule has 4 nitrogen and oxygen atoms in total. The maximum absolute atomic E-state index is 11.9. The molecule has 0 atom stereocenters. The average molecular weight is 364 g/mol. The number of carbonyl (C=O) groups excluding carboxylic acids is 1. The van der Waals surface area contributed by atoms with Crippen molar-refractivity contribution >= 4 is 45.8 Å². The molecule has 0 aliphatic heterocycles. The summed E-state index contributed by atoms with van der Waals surface area (Å²) >= 11 is 7.67. The summed E-state index contributed by atoms with van der Waals surface area (Å²) in [6.07, 6.45) is 2.73. The number of rotatable bonds is 2. The van der Waals surface area contributed by atoms with Crippen molar-refractivity contribution in [1.29, 1.82) is 0 Å². The van der Waals surface area contributed by atoms with E-state index in [1.165, 1.54) is 12.5 Å². The van der Waals surface area contributed by atoms with E-state index in [-0.39, 0.29) is 0 Å². The maximum atomic E-state index is 11.9. The number of benzene rings is 1. The molecule has 0 saturated heterocycles. The first-order valence-electron chi connectivity index (χ1n) is 4.60. The summed E-state index contributed by atoms with van der Waals surface area (Å²) in [6.45, 7) is 0. The normalized spacial score (nSPS) is 10.3. The molecule has 1 amide bonds. The molecule has 2 rings (SSSR count). The maximum Gasteiger partial charge on any atom is 0.286 e. The smallest absolute Gasteiger partial charge is 0.286 e. The molecule has 1 N–H and O–H groups in total. The highest BCUT2D eigenvalue weighted by Crippen LogP contribution is 2.21. The van der Waals surface area contributed by atoms with Crippen molar-refractivity contribution in [2.45, 2.75) is 0 Å². The lowest BCUT2D eigenvalue weighted by molar-refractivity contribution is 0.0853. The van der Waals surface area contributed by atoms with Gasteiger partial charge in [0.15, 0.2) is 0 Å². The van der Waals surface area contributed by atoms with Crippen LogP contribution in [0.25, 0.3) is 0 Å². The quantitative estimate of drug-likeness (QED) is 0.504. The number of carbonyl (C=O) groups is 1. The van der Waals surface area contributed by atoms with E-state index in [1.807, 2.05) is 22.6 Å². The van der Waals surface area contributed by atoms with Crippen LogP contribution in [0.2, 0.25) is 5.02 Å². The monoisotopic (exact) mass is 363 g/mol. The van der Waals surface area contributed by atoms with Crippen molar-refractivity contribution in [3.63, 3.8) is 0 Å². The fraction of sp³-hybridized carbons (Fsp3) is 0. The van der Waals surface area contributed by atoms with E-state index in [4.69, 9.17) is 16.0 Å². The minimum Gasteiger partial charge on any atom is -0.471 e. The van der Waals surface area contributed by atoms with Crippen LogP contribution in [0, 0.1) is 3.57 Å². The van der Waals surface area contributed by atoms with Crippen molar-refractivity contribution in [2.24, 2.45) is 0 Å². The molecule has 88 valence electrons. The van der Waals surface area contributed by atoms with Crippen LogP contribution in [0.4, 0.5) is 5.69 Å². The first-order chi connectivity index (χ1) is 8.09. The van der Waals surface area contributed by atoms with Gasteiger partial charge >= 0.3 is 0 Å². The Hall–Kier alpha value is -1.05. The number of furan rings is 1. The molecule has 0 radical (unpaired) electrons. The summed E-state index contributed by atoms with van der Waals surface area (Å²) in [6, 6.07) is 6.28. The second-order valence-corrected chi connectivity index (χ2v) is 4.83. The van der Waals surface area contributed by atoms with Gasteiger partial charge in [-0.2, -0.15) is 5.06 Å². The number of hydrogen-bond donors (Lipinski definition) is 1. The molecule has 0 aliphatic rings. The summed E-state index contributed by atoms with van der Waals surface area (Å²) < 4.78 is 5.52. The van der Waals surface area contributed by atoms with Crippen LogP contribution < -0.4 is 5.06 Å². The zero-order valence-corrected chi connectivity index (χ0v) is 11.3. The summed E-state index contributed by atoms with van der Waals surface area (Å²) in [5, 5.41) is 10.9. The molecule has 1 aromatic carbocycles. The van der Waals surface area contributed by atoms with Gasteiger partial charge in [-0.3, -0.25) is 10.0 Å². The number of halogens is 2. The van der Waals surface area contributed by atoms with Gasteiger partial charge in [0.1, 0.15) is 12.5 Å². The number of nitrogens with zero attached hydrogens (tertiary/aromatic N) is 1. The van der Waals surface area contributed by atoms with E-state index in [0.717, 1.165) is 0 Å². The van der Waals surface area contributed by atoms with Gasteiger partial charge < -0.3 is 4.42 Å². The molecular formula is C11H7ClINO3. The fourth-order valence-electron chi connectivity index (χ4n) is 1.25. The van der Waals surface area contributed by atoms with E-state index in [9.17, 15) is 10.0 Å². The molecule has 17 heavy (non-hydrogen) atoms. The minimum absolute atomic E-state index is 0.308. The second-order valence-electron chi connectivity index (χ2n) is 3.23. The third-order valence-corrected chi connectivity index (χ3v) is 3.20. The van der Waals surface area contributed by atoms with Gasteiger partial charge in [0, 0.05) is 5.02 Å². The van der Waals surface area contributed by atoms with Crippen LogP contribution in [-0.4, -0.2) is 11.1 Å². The molecule has 0 fully saturated rings. The minimum atomic E-state index is -0.550. The highest BCUT2D eigenvalue weighted by Gasteiger charge is 2.19. The van der Waals surface area contributed by atoms with E-state index in [2.05, 4.69) is 0 Å². The van der Waals surface area contributed by atoms with Crippen LogP contribution in [0.1, 0.15) is 10.4 Å². The number of hydrogen-bond acceptors (Lipinski definition) is 3. The van der Waals surface area contributed by atoms with E-state index in [1.54, 1.807) is 24.3 Å². The topological polar surface area (TPSA) is 53.7 Å². The van der Waals surface area contributed by atoms with Crippen LogP contribution in [0.15, 0.2) is 41.2 Å². The molecule has 0 bridgehead atoms. The third kappa shape index (κ3) is 2.62. The summed E-state index contributed by atoms with van der Waals surface area (Å²) in [5.74, 6) is -0.550. The molecule has 0 saturated carbocycles. The zero-order valence-electron chi connectivity index (χ0n) is 8.43. The number of hydroxylamine groups is 1. The van der Waals surface area contributed by atoms with Gasteiger partial charge in [-0.15, -0.1) is 0 Å². The van der Waals surface area contributed by atoms with Crippen LogP contribution in [0.5, 0.6) is 0 Å².